The van der Waals surface area contributed by atoms with Crippen molar-refractivity contribution in [1.29, 1.82) is 0 Å². The summed E-state index contributed by atoms with van der Waals surface area (Å²) in [5.41, 5.74) is 2.22. The molecule has 0 radical (unpaired) electrons. The lowest BCUT2D eigenvalue weighted by atomic mass is 10.2. The van der Waals surface area contributed by atoms with E-state index in [0.717, 1.165) is 21.5 Å². The van der Waals surface area contributed by atoms with E-state index in [9.17, 15) is 4.79 Å². The molecule has 2 unspecified atom stereocenters. The minimum absolute atomic E-state index is 0.0219. The van der Waals surface area contributed by atoms with E-state index in [1.54, 1.807) is 11.8 Å². The summed E-state index contributed by atoms with van der Waals surface area (Å²) >= 11 is 5.12. The first-order chi connectivity index (χ1) is 12.5. The molecule has 1 fully saturated rings. The number of carboxylic acids is 1. The maximum atomic E-state index is 11.0. The number of carboxylic acid groups (broad SMARTS) is 1. The van der Waals surface area contributed by atoms with E-state index >= 15 is 0 Å². The second kappa shape index (κ2) is 8.79. The van der Waals surface area contributed by atoms with Crippen LogP contribution in [-0.2, 0) is 4.79 Å². The number of hydrogen-bond acceptors (Lipinski definition) is 5. The van der Waals surface area contributed by atoms with Gasteiger partial charge in [-0.05, 0) is 52.7 Å². The zero-order valence-electron chi connectivity index (χ0n) is 14.3. The third kappa shape index (κ3) is 4.93. The predicted molar refractivity (Wildman–Crippen MR) is 106 cm³/mol. The van der Waals surface area contributed by atoms with Gasteiger partial charge in [0, 0.05) is 5.75 Å². The number of halogens is 1. The van der Waals surface area contributed by atoms with Crippen molar-refractivity contribution in [2.24, 2.45) is 0 Å². The molecule has 26 heavy (non-hydrogen) atoms. The largest absolute Gasteiger partial charge is 0.490 e. The van der Waals surface area contributed by atoms with E-state index in [1.165, 1.54) is 5.56 Å². The van der Waals surface area contributed by atoms with Crippen LogP contribution in [0.2, 0.25) is 0 Å². The summed E-state index contributed by atoms with van der Waals surface area (Å²) in [5, 5.41) is 12.2. The van der Waals surface area contributed by atoms with Crippen LogP contribution < -0.4 is 14.8 Å². The molecule has 1 saturated heterocycles. The second-order valence-corrected chi connectivity index (χ2v) is 7.96. The SMILES string of the molecule is Cc1ccc(OCCOc2ccc(C3NC(C(=O)O)CS3)cc2Br)cc1. The van der Waals surface area contributed by atoms with Gasteiger partial charge in [0.15, 0.2) is 0 Å². The molecule has 3 rings (SSSR count). The zero-order valence-corrected chi connectivity index (χ0v) is 16.7. The third-order valence-corrected chi connectivity index (χ3v) is 5.86. The van der Waals surface area contributed by atoms with Crippen molar-refractivity contribution in [2.75, 3.05) is 19.0 Å². The minimum atomic E-state index is -0.812. The lowest BCUT2D eigenvalue weighted by Crippen LogP contribution is -2.33. The average molecular weight is 438 g/mol. The Morgan fingerprint density at radius 3 is 2.62 bits per heavy atom. The van der Waals surface area contributed by atoms with Gasteiger partial charge in [0.2, 0.25) is 0 Å². The monoisotopic (exact) mass is 437 g/mol. The Balaban J connectivity index is 1.50. The molecule has 7 heteroatoms. The first kappa shape index (κ1) is 19.1. The number of aryl methyl sites for hydroxylation is 1. The Bertz CT molecular complexity index is 769. The molecule has 138 valence electrons. The van der Waals surface area contributed by atoms with Gasteiger partial charge in [-0.25, -0.2) is 0 Å². The van der Waals surface area contributed by atoms with Gasteiger partial charge in [0.25, 0.3) is 0 Å². The Kier molecular flexibility index (Phi) is 6.45. The highest BCUT2D eigenvalue weighted by molar-refractivity contribution is 9.10. The van der Waals surface area contributed by atoms with Crippen molar-refractivity contribution < 1.29 is 19.4 Å². The summed E-state index contributed by atoms with van der Waals surface area (Å²) in [6.45, 7) is 2.93. The van der Waals surface area contributed by atoms with Gasteiger partial charge in [-0.1, -0.05) is 23.8 Å². The van der Waals surface area contributed by atoms with E-state index < -0.39 is 12.0 Å². The fraction of sp³-hybridized carbons (Fsp3) is 0.316. The molecule has 2 aromatic rings. The van der Waals surface area contributed by atoms with E-state index in [2.05, 4.69) is 21.2 Å². The summed E-state index contributed by atoms with van der Waals surface area (Å²) in [6.07, 6.45) is 0. The van der Waals surface area contributed by atoms with Gasteiger partial charge in [-0.3, -0.25) is 10.1 Å². The molecule has 1 aliphatic heterocycles. The molecule has 2 N–H and O–H groups in total. The van der Waals surface area contributed by atoms with E-state index in [4.69, 9.17) is 14.6 Å². The fourth-order valence-corrected chi connectivity index (χ4v) is 4.28. The Morgan fingerprint density at radius 1 is 1.23 bits per heavy atom. The molecular formula is C19H20BrNO4S. The van der Waals surface area contributed by atoms with Crippen molar-refractivity contribution >= 4 is 33.7 Å². The topological polar surface area (TPSA) is 67.8 Å². The maximum Gasteiger partial charge on any atom is 0.321 e. The molecule has 0 aromatic heterocycles. The molecule has 0 bridgehead atoms. The van der Waals surface area contributed by atoms with Crippen molar-refractivity contribution in [3.63, 3.8) is 0 Å². The molecule has 0 amide bonds. The number of nitrogens with one attached hydrogen (secondary N) is 1. The van der Waals surface area contributed by atoms with Crippen molar-refractivity contribution in [2.45, 2.75) is 18.3 Å². The Morgan fingerprint density at radius 2 is 1.96 bits per heavy atom. The molecule has 0 aliphatic carbocycles. The molecule has 2 aromatic carbocycles. The van der Waals surface area contributed by atoms with Crippen LogP contribution in [0.5, 0.6) is 11.5 Å². The summed E-state index contributed by atoms with van der Waals surface area (Å²) in [7, 11) is 0. The molecule has 1 aliphatic rings. The minimum Gasteiger partial charge on any atom is -0.490 e. The summed E-state index contributed by atoms with van der Waals surface area (Å²) in [6, 6.07) is 13.2. The highest BCUT2D eigenvalue weighted by atomic mass is 79.9. The number of thioether (sulfide) groups is 1. The normalized spacial score (nSPS) is 19.3. The van der Waals surface area contributed by atoms with Crippen LogP contribution in [0.1, 0.15) is 16.5 Å². The number of aliphatic carboxylic acids is 1. The lowest BCUT2D eigenvalue weighted by molar-refractivity contribution is -0.138. The van der Waals surface area contributed by atoms with E-state index in [-0.39, 0.29) is 5.37 Å². The summed E-state index contributed by atoms with van der Waals surface area (Å²) in [5.74, 6) is 1.31. The van der Waals surface area contributed by atoms with Gasteiger partial charge in [0.1, 0.15) is 30.8 Å². The highest BCUT2D eigenvalue weighted by Gasteiger charge is 2.30. The van der Waals surface area contributed by atoms with Crippen LogP contribution in [0.3, 0.4) is 0 Å². The molecule has 2 atom stereocenters. The van der Waals surface area contributed by atoms with Gasteiger partial charge >= 0.3 is 5.97 Å². The predicted octanol–water partition coefficient (Wildman–Crippen LogP) is 4.00. The Labute approximate surface area is 165 Å². The smallest absolute Gasteiger partial charge is 0.321 e. The standard InChI is InChI=1S/C19H20BrNO4S/c1-12-2-5-14(6-3-12)24-8-9-25-17-7-4-13(10-15(17)20)18-21-16(11-26-18)19(22)23/h2-7,10,16,18,21H,8-9,11H2,1H3,(H,22,23). The molecule has 1 heterocycles. The van der Waals surface area contributed by atoms with Crippen LogP contribution in [0.25, 0.3) is 0 Å². The van der Waals surface area contributed by atoms with Crippen LogP contribution in [0, 0.1) is 6.92 Å². The Hall–Kier alpha value is -1.70. The van der Waals surface area contributed by atoms with Crippen LogP contribution >= 0.6 is 27.7 Å². The zero-order chi connectivity index (χ0) is 18.5. The number of hydrogen-bond donors (Lipinski definition) is 2. The van der Waals surface area contributed by atoms with E-state index in [0.29, 0.717) is 19.0 Å². The quantitative estimate of drug-likeness (QED) is 0.637. The van der Waals surface area contributed by atoms with Gasteiger partial charge in [-0.15, -0.1) is 11.8 Å². The summed E-state index contributed by atoms with van der Waals surface area (Å²) in [4.78, 5) is 11.0. The average Bonchev–Trinajstić information content (AvgIpc) is 3.12. The van der Waals surface area contributed by atoms with Gasteiger partial charge < -0.3 is 14.6 Å². The van der Waals surface area contributed by atoms with Crippen LogP contribution in [-0.4, -0.2) is 36.1 Å². The van der Waals surface area contributed by atoms with Crippen molar-refractivity contribution in [1.82, 2.24) is 5.32 Å². The molecule has 5 nitrogen and oxygen atoms in total. The van der Waals surface area contributed by atoms with Crippen LogP contribution in [0.15, 0.2) is 46.9 Å². The first-order valence-electron chi connectivity index (χ1n) is 8.25. The first-order valence-corrected chi connectivity index (χ1v) is 10.1. The lowest BCUT2D eigenvalue weighted by Gasteiger charge is -2.14. The third-order valence-electron chi connectivity index (χ3n) is 3.97. The highest BCUT2D eigenvalue weighted by Crippen LogP contribution is 2.36. The number of ether oxygens (including phenoxy) is 2. The van der Waals surface area contributed by atoms with E-state index in [1.807, 2.05) is 49.4 Å². The van der Waals surface area contributed by atoms with Gasteiger partial charge in [0.05, 0.1) is 9.85 Å². The fourth-order valence-electron chi connectivity index (χ4n) is 2.55. The molecule has 0 saturated carbocycles. The molecule has 0 spiro atoms. The number of rotatable bonds is 7. The molecular weight excluding hydrogens is 418 g/mol. The summed E-state index contributed by atoms with van der Waals surface area (Å²) < 4.78 is 12.3. The van der Waals surface area contributed by atoms with Crippen LogP contribution in [0.4, 0.5) is 0 Å². The van der Waals surface area contributed by atoms with Crippen molar-refractivity contribution in [3.8, 4) is 11.5 Å². The van der Waals surface area contributed by atoms with Crippen molar-refractivity contribution in [3.05, 3.63) is 58.1 Å². The maximum absolute atomic E-state index is 11.0. The van der Waals surface area contributed by atoms with Gasteiger partial charge in [-0.2, -0.15) is 0 Å². The second-order valence-electron chi connectivity index (χ2n) is 5.97. The number of benzene rings is 2. The number of carbonyl (C=O) groups is 1.